The van der Waals surface area contributed by atoms with Crippen molar-refractivity contribution in [2.75, 3.05) is 7.05 Å². The first-order valence-electron chi connectivity index (χ1n) is 8.15. The first-order valence-corrected chi connectivity index (χ1v) is 8.15. The van der Waals surface area contributed by atoms with Crippen molar-refractivity contribution in [1.29, 1.82) is 0 Å². The molecule has 0 aliphatic carbocycles. The summed E-state index contributed by atoms with van der Waals surface area (Å²) in [6, 6.07) is 5.97. The number of aryl methyl sites for hydroxylation is 1. The minimum atomic E-state index is -0.862. The largest absolute Gasteiger partial charge is 0.333 e. The molecule has 0 amide bonds. The van der Waals surface area contributed by atoms with E-state index in [0.717, 1.165) is 6.07 Å². The lowest BCUT2D eigenvalue weighted by Crippen LogP contribution is -2.01. The molecule has 3 rings (SSSR count). The van der Waals surface area contributed by atoms with E-state index in [1.807, 2.05) is 0 Å². The summed E-state index contributed by atoms with van der Waals surface area (Å²) in [5.74, 6) is -2.27. The second-order valence-corrected chi connectivity index (χ2v) is 5.40. The smallest absolute Gasteiger partial charge is 0.179 e. The van der Waals surface area contributed by atoms with E-state index in [9.17, 15) is 8.78 Å². The third kappa shape index (κ3) is 4.47. The van der Waals surface area contributed by atoms with Crippen LogP contribution in [0.4, 0.5) is 18.9 Å². The minimum absolute atomic E-state index is 0.0284. The third-order valence-electron chi connectivity index (χ3n) is 3.70. The van der Waals surface area contributed by atoms with Crippen LogP contribution >= 0.6 is 0 Å². The topological polar surface area (TPSA) is 76.5 Å². The molecular weight excluding hydrogens is 367 g/mol. The highest BCUT2D eigenvalue weighted by molar-refractivity contribution is 6.01. The van der Waals surface area contributed by atoms with E-state index < -0.39 is 17.5 Å². The molecule has 1 heterocycles. The van der Waals surface area contributed by atoms with Gasteiger partial charge in [-0.3, -0.25) is 4.98 Å². The van der Waals surface area contributed by atoms with Gasteiger partial charge in [-0.05, 0) is 38.4 Å². The zero-order valence-corrected chi connectivity index (χ0v) is 15.3. The molecule has 0 atom stereocenters. The van der Waals surface area contributed by atoms with Gasteiger partial charge in [-0.1, -0.05) is 12.1 Å². The van der Waals surface area contributed by atoms with Crippen molar-refractivity contribution in [1.82, 2.24) is 9.97 Å². The number of hydrogen-bond acceptors (Lipinski definition) is 4. The van der Waals surface area contributed by atoms with Crippen molar-refractivity contribution >= 4 is 18.2 Å². The second kappa shape index (κ2) is 9.52. The molecule has 0 aliphatic heterocycles. The molecule has 28 heavy (non-hydrogen) atoms. The average molecular weight is 385 g/mol. The van der Waals surface area contributed by atoms with E-state index in [4.69, 9.17) is 0 Å². The molecule has 5 nitrogen and oxygen atoms in total. The highest BCUT2D eigenvalue weighted by Gasteiger charge is 2.17. The molecule has 2 aromatic carbocycles. The summed E-state index contributed by atoms with van der Waals surface area (Å²) in [4.78, 5) is 15.9. The summed E-state index contributed by atoms with van der Waals surface area (Å²) in [5.41, 5.74) is 5.21. The highest BCUT2D eigenvalue weighted by atomic mass is 19.1. The molecule has 0 bridgehead atoms. The SMILES string of the molecule is C=NC(=Nc1c(C)ccc(-c2ccc(F)cc2F)c1F)c1cnccn1.CN. The van der Waals surface area contributed by atoms with Crippen LogP contribution < -0.4 is 5.73 Å². The zero-order chi connectivity index (χ0) is 20.7. The van der Waals surface area contributed by atoms with Crippen LogP contribution in [0.3, 0.4) is 0 Å². The van der Waals surface area contributed by atoms with E-state index in [2.05, 4.69) is 32.4 Å². The normalized spacial score (nSPS) is 10.9. The Hall–Kier alpha value is -3.39. The van der Waals surface area contributed by atoms with Crippen LogP contribution in [-0.4, -0.2) is 29.6 Å². The van der Waals surface area contributed by atoms with Crippen LogP contribution in [0.25, 0.3) is 11.1 Å². The van der Waals surface area contributed by atoms with E-state index >= 15 is 4.39 Å². The molecule has 144 valence electrons. The van der Waals surface area contributed by atoms with Gasteiger partial charge in [-0.25, -0.2) is 28.1 Å². The number of rotatable bonds is 3. The van der Waals surface area contributed by atoms with Gasteiger partial charge in [0, 0.05) is 29.6 Å². The Bertz CT molecular complexity index is 1000. The first kappa shape index (κ1) is 20.9. The predicted octanol–water partition coefficient (Wildman–Crippen LogP) is 4.22. The number of aromatic nitrogens is 2. The number of hydrogen-bond donors (Lipinski definition) is 1. The third-order valence-corrected chi connectivity index (χ3v) is 3.70. The van der Waals surface area contributed by atoms with Crippen LogP contribution in [0.15, 0.2) is 58.9 Å². The van der Waals surface area contributed by atoms with Gasteiger partial charge in [-0.2, -0.15) is 0 Å². The molecule has 0 unspecified atom stereocenters. The lowest BCUT2D eigenvalue weighted by molar-refractivity contribution is 0.583. The van der Waals surface area contributed by atoms with Gasteiger partial charge < -0.3 is 5.73 Å². The summed E-state index contributed by atoms with van der Waals surface area (Å²) in [6.07, 6.45) is 4.35. The number of halogens is 3. The van der Waals surface area contributed by atoms with Gasteiger partial charge in [0.1, 0.15) is 23.0 Å². The second-order valence-electron chi connectivity index (χ2n) is 5.40. The van der Waals surface area contributed by atoms with E-state index in [0.29, 0.717) is 17.3 Å². The quantitative estimate of drug-likeness (QED) is 0.542. The summed E-state index contributed by atoms with van der Waals surface area (Å²) in [7, 11) is 1.50. The van der Waals surface area contributed by atoms with Gasteiger partial charge in [0.05, 0.1) is 6.20 Å². The number of nitrogens with zero attached hydrogens (tertiary/aromatic N) is 4. The van der Waals surface area contributed by atoms with Gasteiger partial charge in [-0.15, -0.1) is 0 Å². The molecule has 0 saturated carbocycles. The number of nitrogens with two attached hydrogens (primary N) is 1. The maximum atomic E-state index is 15.0. The molecule has 0 fully saturated rings. The first-order chi connectivity index (χ1) is 13.5. The maximum Gasteiger partial charge on any atom is 0.179 e. The van der Waals surface area contributed by atoms with Crippen molar-refractivity contribution in [3.05, 3.63) is 77.6 Å². The number of amidine groups is 1. The average Bonchev–Trinajstić information content (AvgIpc) is 2.71. The lowest BCUT2D eigenvalue weighted by Gasteiger charge is -2.10. The molecule has 0 spiro atoms. The van der Waals surface area contributed by atoms with Crippen LogP contribution in [0.2, 0.25) is 0 Å². The van der Waals surface area contributed by atoms with Crippen molar-refractivity contribution in [3.63, 3.8) is 0 Å². The van der Waals surface area contributed by atoms with Crippen molar-refractivity contribution in [3.8, 4) is 11.1 Å². The summed E-state index contributed by atoms with van der Waals surface area (Å²) in [6.45, 7) is 5.08. The fraction of sp³-hybridized carbons (Fsp3) is 0.100. The summed E-state index contributed by atoms with van der Waals surface area (Å²) < 4.78 is 42.2. The molecule has 0 aliphatic rings. The molecule has 2 N–H and O–H groups in total. The Morgan fingerprint density at radius 2 is 1.75 bits per heavy atom. The number of benzene rings is 2. The molecular formula is C20H18F3N5. The Morgan fingerprint density at radius 1 is 1.04 bits per heavy atom. The Kier molecular flexibility index (Phi) is 7.11. The van der Waals surface area contributed by atoms with Crippen LogP contribution in [0.1, 0.15) is 11.3 Å². The van der Waals surface area contributed by atoms with Crippen LogP contribution in [0.5, 0.6) is 0 Å². The van der Waals surface area contributed by atoms with E-state index in [1.165, 1.54) is 37.8 Å². The number of aliphatic imine (C=N–C) groups is 2. The van der Waals surface area contributed by atoms with Crippen LogP contribution in [-0.2, 0) is 0 Å². The Balaban J connectivity index is 0.00000136. The summed E-state index contributed by atoms with van der Waals surface area (Å²) in [5, 5.41) is 0. The van der Waals surface area contributed by atoms with Gasteiger partial charge in [0.2, 0.25) is 0 Å². The van der Waals surface area contributed by atoms with E-state index in [-0.39, 0.29) is 22.6 Å². The monoisotopic (exact) mass is 385 g/mol. The van der Waals surface area contributed by atoms with Gasteiger partial charge in [0.25, 0.3) is 0 Å². The highest BCUT2D eigenvalue weighted by Crippen LogP contribution is 2.34. The zero-order valence-electron chi connectivity index (χ0n) is 15.3. The van der Waals surface area contributed by atoms with Crippen LogP contribution in [0, 0.1) is 24.4 Å². The van der Waals surface area contributed by atoms with E-state index in [1.54, 1.807) is 13.0 Å². The Labute approximate surface area is 160 Å². The molecule has 1 aromatic heterocycles. The van der Waals surface area contributed by atoms with Gasteiger partial charge >= 0.3 is 0 Å². The molecule has 8 heteroatoms. The maximum absolute atomic E-state index is 15.0. The van der Waals surface area contributed by atoms with Crippen molar-refractivity contribution < 1.29 is 13.2 Å². The standard InChI is InChI=1S/C19H13F3N4.CH5N/c1-11-3-5-14(13-6-4-12(20)9-15(13)21)17(22)18(11)26-19(23-2)16-10-24-7-8-25-16;1-2/h3-10H,2H2,1H3;2H2,1H3. The fourth-order valence-electron chi connectivity index (χ4n) is 2.41. The molecule has 0 saturated heterocycles. The molecule has 3 aromatic rings. The van der Waals surface area contributed by atoms with Crippen molar-refractivity contribution in [2.45, 2.75) is 6.92 Å². The van der Waals surface area contributed by atoms with Crippen molar-refractivity contribution in [2.24, 2.45) is 15.7 Å². The predicted molar refractivity (Wildman–Crippen MR) is 104 cm³/mol. The minimum Gasteiger partial charge on any atom is -0.333 e. The lowest BCUT2D eigenvalue weighted by atomic mass is 10.0. The molecule has 0 radical (unpaired) electrons. The van der Waals surface area contributed by atoms with Gasteiger partial charge in [0.15, 0.2) is 11.7 Å². The Morgan fingerprint density at radius 3 is 2.36 bits per heavy atom. The summed E-state index contributed by atoms with van der Waals surface area (Å²) >= 11 is 0. The fourth-order valence-corrected chi connectivity index (χ4v) is 2.41.